The third kappa shape index (κ3) is 0.936. The summed E-state index contributed by atoms with van der Waals surface area (Å²) in [6, 6.07) is 8.22. The van der Waals surface area contributed by atoms with Gasteiger partial charge in [0.15, 0.2) is 0 Å². The van der Waals surface area contributed by atoms with Crippen molar-refractivity contribution in [3.05, 3.63) is 35.4 Å². The second-order valence-electron chi connectivity index (χ2n) is 5.34. The molecule has 1 atom stereocenters. The van der Waals surface area contributed by atoms with Crippen LogP contribution in [0.1, 0.15) is 44.9 Å². The van der Waals surface area contributed by atoms with E-state index in [0.717, 1.165) is 5.56 Å². The maximum atomic E-state index is 10.2. The molecule has 1 aliphatic rings. The zero-order valence-electron chi connectivity index (χ0n) is 9.33. The van der Waals surface area contributed by atoms with Crippen LogP contribution in [-0.2, 0) is 5.41 Å². The minimum absolute atomic E-state index is 0.0447. The summed E-state index contributed by atoms with van der Waals surface area (Å²) in [6.07, 6.45) is -0.339. The molecule has 76 valence electrons. The Hall–Kier alpha value is -0.820. The Morgan fingerprint density at radius 3 is 2.21 bits per heavy atom. The smallest absolute Gasteiger partial charge is 0.0852 e. The second kappa shape index (κ2) is 2.60. The van der Waals surface area contributed by atoms with Crippen LogP contribution in [0.3, 0.4) is 0 Å². The average Bonchev–Trinajstić information content (AvgIpc) is 2.27. The summed E-state index contributed by atoms with van der Waals surface area (Å²) in [5, 5.41) is 10.2. The van der Waals surface area contributed by atoms with Crippen LogP contribution in [0.5, 0.6) is 0 Å². The Morgan fingerprint density at radius 2 is 1.64 bits per heavy atom. The third-order valence-electron chi connectivity index (χ3n) is 4.22. The summed E-state index contributed by atoms with van der Waals surface area (Å²) in [5.74, 6) is 0. The quantitative estimate of drug-likeness (QED) is 0.666. The first-order valence-electron chi connectivity index (χ1n) is 5.16. The largest absolute Gasteiger partial charge is 0.388 e. The zero-order chi connectivity index (χ0) is 10.6. The average molecular weight is 190 g/mol. The van der Waals surface area contributed by atoms with Crippen molar-refractivity contribution in [2.45, 2.75) is 39.2 Å². The van der Waals surface area contributed by atoms with Crippen LogP contribution < -0.4 is 0 Å². The van der Waals surface area contributed by atoms with Gasteiger partial charge in [0, 0.05) is 5.41 Å². The lowest BCUT2D eigenvalue weighted by Gasteiger charge is -2.37. The van der Waals surface area contributed by atoms with Gasteiger partial charge in [0.2, 0.25) is 0 Å². The molecule has 0 spiro atoms. The molecule has 0 radical (unpaired) electrons. The van der Waals surface area contributed by atoms with E-state index in [9.17, 15) is 5.11 Å². The van der Waals surface area contributed by atoms with Gasteiger partial charge in [-0.05, 0) is 16.5 Å². The Morgan fingerprint density at radius 1 is 1.07 bits per heavy atom. The van der Waals surface area contributed by atoms with Gasteiger partial charge in [-0.1, -0.05) is 52.0 Å². The van der Waals surface area contributed by atoms with Gasteiger partial charge in [-0.3, -0.25) is 0 Å². The molecule has 1 aromatic rings. The SMILES string of the molecule is CC1(C)c2ccccc2[C@H](O)C1(C)C. The number of aliphatic hydroxyl groups is 1. The van der Waals surface area contributed by atoms with Crippen LogP contribution >= 0.6 is 0 Å². The Labute approximate surface area is 85.8 Å². The first-order chi connectivity index (χ1) is 6.39. The molecule has 14 heavy (non-hydrogen) atoms. The maximum absolute atomic E-state index is 10.2. The summed E-state index contributed by atoms with van der Waals surface area (Å²) < 4.78 is 0. The van der Waals surface area contributed by atoms with Crippen molar-refractivity contribution >= 4 is 0 Å². The van der Waals surface area contributed by atoms with Crippen LogP contribution in [0.25, 0.3) is 0 Å². The number of hydrogen-bond donors (Lipinski definition) is 1. The summed E-state index contributed by atoms with van der Waals surface area (Å²) in [6.45, 7) is 8.69. The summed E-state index contributed by atoms with van der Waals surface area (Å²) in [4.78, 5) is 0. The lowest BCUT2D eigenvalue weighted by molar-refractivity contribution is 0.0223. The molecule has 0 heterocycles. The van der Waals surface area contributed by atoms with Crippen molar-refractivity contribution in [3.8, 4) is 0 Å². The van der Waals surface area contributed by atoms with E-state index in [1.807, 2.05) is 12.1 Å². The highest BCUT2D eigenvalue weighted by molar-refractivity contribution is 5.43. The molecule has 1 nitrogen and oxygen atoms in total. The monoisotopic (exact) mass is 190 g/mol. The van der Waals surface area contributed by atoms with Crippen molar-refractivity contribution in [2.75, 3.05) is 0 Å². The molecule has 1 heteroatoms. The fraction of sp³-hybridized carbons (Fsp3) is 0.538. The molecule has 0 amide bonds. The van der Waals surface area contributed by atoms with Gasteiger partial charge >= 0.3 is 0 Å². The Bertz CT molecular complexity index is 363. The molecule has 0 aliphatic heterocycles. The molecule has 1 aromatic carbocycles. The highest BCUT2D eigenvalue weighted by atomic mass is 16.3. The van der Waals surface area contributed by atoms with Gasteiger partial charge in [0.25, 0.3) is 0 Å². The molecule has 0 fully saturated rings. The van der Waals surface area contributed by atoms with E-state index in [4.69, 9.17) is 0 Å². The predicted molar refractivity (Wildman–Crippen MR) is 58.2 cm³/mol. The summed E-state index contributed by atoms with van der Waals surface area (Å²) in [5.41, 5.74) is 2.35. The van der Waals surface area contributed by atoms with Crippen LogP contribution in [0.2, 0.25) is 0 Å². The molecule has 1 aliphatic carbocycles. The third-order valence-corrected chi connectivity index (χ3v) is 4.22. The van der Waals surface area contributed by atoms with E-state index in [0.29, 0.717) is 0 Å². The highest BCUT2D eigenvalue weighted by Gasteiger charge is 2.51. The van der Waals surface area contributed by atoms with Gasteiger partial charge in [-0.2, -0.15) is 0 Å². The fourth-order valence-electron chi connectivity index (χ4n) is 2.38. The van der Waals surface area contributed by atoms with E-state index < -0.39 is 0 Å². The van der Waals surface area contributed by atoms with Crippen molar-refractivity contribution in [3.63, 3.8) is 0 Å². The first kappa shape index (κ1) is 9.72. The lowest BCUT2D eigenvalue weighted by Crippen LogP contribution is -2.34. The molecule has 0 saturated heterocycles. The highest BCUT2D eigenvalue weighted by Crippen LogP contribution is 2.56. The summed E-state index contributed by atoms with van der Waals surface area (Å²) in [7, 11) is 0. The minimum atomic E-state index is -0.339. The second-order valence-corrected chi connectivity index (χ2v) is 5.34. The number of rotatable bonds is 0. The fourth-order valence-corrected chi connectivity index (χ4v) is 2.38. The van der Waals surface area contributed by atoms with Crippen molar-refractivity contribution in [1.82, 2.24) is 0 Å². The maximum Gasteiger partial charge on any atom is 0.0852 e. The number of aliphatic hydroxyl groups excluding tert-OH is 1. The molecule has 0 aromatic heterocycles. The van der Waals surface area contributed by atoms with E-state index in [-0.39, 0.29) is 16.9 Å². The Kier molecular flexibility index (Phi) is 1.81. The number of fused-ring (bicyclic) bond motifs is 1. The molecule has 0 bridgehead atoms. The molecular formula is C13H18O. The normalized spacial score (nSPS) is 27.4. The molecule has 0 unspecified atom stereocenters. The van der Waals surface area contributed by atoms with Crippen molar-refractivity contribution < 1.29 is 5.11 Å². The van der Waals surface area contributed by atoms with Gasteiger partial charge in [-0.25, -0.2) is 0 Å². The van der Waals surface area contributed by atoms with Crippen molar-refractivity contribution in [1.29, 1.82) is 0 Å². The minimum Gasteiger partial charge on any atom is -0.388 e. The van der Waals surface area contributed by atoms with Crippen LogP contribution in [0.4, 0.5) is 0 Å². The molecule has 2 rings (SSSR count). The van der Waals surface area contributed by atoms with Crippen LogP contribution in [0.15, 0.2) is 24.3 Å². The van der Waals surface area contributed by atoms with E-state index in [2.05, 4.69) is 39.8 Å². The van der Waals surface area contributed by atoms with Gasteiger partial charge < -0.3 is 5.11 Å². The topological polar surface area (TPSA) is 20.2 Å². The Balaban J connectivity index is 2.68. The zero-order valence-corrected chi connectivity index (χ0v) is 9.33. The van der Waals surface area contributed by atoms with E-state index in [1.54, 1.807) is 0 Å². The van der Waals surface area contributed by atoms with Gasteiger partial charge in [0.1, 0.15) is 0 Å². The predicted octanol–water partition coefficient (Wildman–Crippen LogP) is 3.04. The summed E-state index contributed by atoms with van der Waals surface area (Å²) >= 11 is 0. The molecule has 1 N–H and O–H groups in total. The van der Waals surface area contributed by atoms with Crippen LogP contribution in [0, 0.1) is 5.41 Å². The molecular weight excluding hydrogens is 172 g/mol. The lowest BCUT2D eigenvalue weighted by atomic mass is 9.68. The van der Waals surface area contributed by atoms with E-state index >= 15 is 0 Å². The van der Waals surface area contributed by atoms with Crippen molar-refractivity contribution in [2.24, 2.45) is 5.41 Å². The molecule has 0 saturated carbocycles. The number of benzene rings is 1. The van der Waals surface area contributed by atoms with E-state index in [1.165, 1.54) is 5.56 Å². The standard InChI is InChI=1S/C13H18O/c1-12(2)10-8-6-5-7-9(10)11(14)13(12,3)4/h5-8,11,14H,1-4H3/t11-/m0/s1. The first-order valence-corrected chi connectivity index (χ1v) is 5.16. The van der Waals surface area contributed by atoms with Gasteiger partial charge in [-0.15, -0.1) is 0 Å². The van der Waals surface area contributed by atoms with Gasteiger partial charge in [0.05, 0.1) is 6.10 Å². The van der Waals surface area contributed by atoms with Crippen LogP contribution in [-0.4, -0.2) is 5.11 Å². The number of hydrogen-bond acceptors (Lipinski definition) is 1.